The van der Waals surface area contributed by atoms with Gasteiger partial charge in [0.15, 0.2) is 11.5 Å². The average Bonchev–Trinajstić information content (AvgIpc) is 2.89. The lowest BCUT2D eigenvalue weighted by atomic mass is 10.3. The van der Waals surface area contributed by atoms with Crippen molar-refractivity contribution < 1.29 is 4.79 Å². The number of hydrogen-bond acceptors (Lipinski definition) is 7. The Morgan fingerprint density at radius 3 is 2.74 bits per heavy atom. The minimum absolute atomic E-state index is 0.0605. The van der Waals surface area contributed by atoms with Gasteiger partial charge in [0.25, 0.3) is 5.91 Å². The van der Waals surface area contributed by atoms with Crippen LogP contribution >= 0.6 is 0 Å². The van der Waals surface area contributed by atoms with E-state index in [9.17, 15) is 4.79 Å². The maximum Gasteiger partial charge on any atom is 0.271 e. The molecule has 0 aliphatic heterocycles. The van der Waals surface area contributed by atoms with Crippen molar-refractivity contribution in [2.45, 2.75) is 26.4 Å². The summed E-state index contributed by atoms with van der Waals surface area (Å²) in [5.41, 5.74) is 0.277. The van der Waals surface area contributed by atoms with E-state index in [-0.39, 0.29) is 17.6 Å². The van der Waals surface area contributed by atoms with Gasteiger partial charge in [-0.2, -0.15) is 5.21 Å². The zero-order valence-electron chi connectivity index (χ0n) is 10.6. The van der Waals surface area contributed by atoms with Crippen molar-refractivity contribution in [1.82, 2.24) is 36.1 Å². The van der Waals surface area contributed by atoms with Crippen LogP contribution in [-0.4, -0.2) is 42.8 Å². The highest BCUT2D eigenvalue weighted by atomic mass is 16.2. The highest BCUT2D eigenvalue weighted by Crippen LogP contribution is 2.03. The van der Waals surface area contributed by atoms with Crippen molar-refractivity contribution in [3.05, 3.63) is 23.7 Å². The molecule has 19 heavy (non-hydrogen) atoms. The summed E-state index contributed by atoms with van der Waals surface area (Å²) in [6, 6.07) is 3.33. The Hall–Kier alpha value is -2.58. The molecule has 0 spiro atoms. The van der Waals surface area contributed by atoms with Crippen molar-refractivity contribution in [3.63, 3.8) is 0 Å². The summed E-state index contributed by atoms with van der Waals surface area (Å²) < 4.78 is 0. The van der Waals surface area contributed by atoms with Gasteiger partial charge in [-0.05, 0) is 26.0 Å². The van der Waals surface area contributed by atoms with Gasteiger partial charge in [-0.3, -0.25) is 4.79 Å². The van der Waals surface area contributed by atoms with Crippen LogP contribution in [0.2, 0.25) is 0 Å². The second-order valence-corrected chi connectivity index (χ2v) is 4.11. The number of aromatic amines is 1. The van der Waals surface area contributed by atoms with E-state index in [0.29, 0.717) is 18.2 Å². The van der Waals surface area contributed by atoms with Gasteiger partial charge in [0, 0.05) is 6.04 Å². The maximum absolute atomic E-state index is 11.6. The molecule has 0 unspecified atom stereocenters. The number of rotatable bonds is 5. The molecule has 0 fully saturated rings. The molecule has 0 atom stereocenters. The van der Waals surface area contributed by atoms with Gasteiger partial charge >= 0.3 is 0 Å². The van der Waals surface area contributed by atoms with Crippen LogP contribution in [0.5, 0.6) is 0 Å². The molecule has 1 amide bonds. The molecule has 2 aromatic heterocycles. The molecule has 0 radical (unpaired) electrons. The van der Waals surface area contributed by atoms with Crippen LogP contribution in [0.1, 0.15) is 30.2 Å². The maximum atomic E-state index is 11.6. The summed E-state index contributed by atoms with van der Waals surface area (Å²) in [7, 11) is 0. The number of carbonyl (C=O) groups is 1. The van der Waals surface area contributed by atoms with Crippen LogP contribution in [0.4, 0.5) is 5.82 Å². The summed E-state index contributed by atoms with van der Waals surface area (Å²) >= 11 is 0. The van der Waals surface area contributed by atoms with E-state index in [2.05, 4.69) is 41.5 Å². The molecule has 0 aliphatic rings. The lowest BCUT2D eigenvalue weighted by Gasteiger charge is -2.07. The number of hydrogen-bond donors (Lipinski definition) is 3. The smallest absolute Gasteiger partial charge is 0.271 e. The van der Waals surface area contributed by atoms with Crippen molar-refractivity contribution in [1.29, 1.82) is 0 Å². The van der Waals surface area contributed by atoms with Crippen molar-refractivity contribution in [2.24, 2.45) is 0 Å². The van der Waals surface area contributed by atoms with Crippen LogP contribution in [0, 0.1) is 0 Å². The van der Waals surface area contributed by atoms with Crippen molar-refractivity contribution >= 4 is 11.7 Å². The van der Waals surface area contributed by atoms with Crippen LogP contribution in [0.3, 0.4) is 0 Å². The Morgan fingerprint density at radius 1 is 1.32 bits per heavy atom. The van der Waals surface area contributed by atoms with Gasteiger partial charge in [-0.25, -0.2) is 0 Å². The number of anilines is 1. The molecule has 9 nitrogen and oxygen atoms in total. The summed E-state index contributed by atoms with van der Waals surface area (Å²) in [5, 5.41) is 26.8. The normalized spacial score (nSPS) is 10.5. The second kappa shape index (κ2) is 5.85. The SMILES string of the molecule is CC(C)NC(=O)c1ccc(NCc2nn[nH]n2)nn1. The Bertz CT molecular complexity index is 521. The number of nitrogens with one attached hydrogen (secondary N) is 3. The zero-order valence-corrected chi connectivity index (χ0v) is 10.6. The highest BCUT2D eigenvalue weighted by molar-refractivity contribution is 5.92. The Balaban J connectivity index is 1.92. The number of nitrogens with zero attached hydrogens (tertiary/aromatic N) is 5. The summed E-state index contributed by atoms with van der Waals surface area (Å²) in [4.78, 5) is 11.6. The van der Waals surface area contributed by atoms with Gasteiger partial charge in [0.05, 0.1) is 6.54 Å². The first-order valence-electron chi connectivity index (χ1n) is 5.76. The first-order valence-corrected chi connectivity index (χ1v) is 5.76. The predicted octanol–water partition coefficient (Wildman–Crippen LogP) is -0.260. The number of aromatic nitrogens is 6. The summed E-state index contributed by atoms with van der Waals surface area (Å²) in [6.07, 6.45) is 0. The largest absolute Gasteiger partial charge is 0.361 e. The predicted molar refractivity (Wildman–Crippen MR) is 66.1 cm³/mol. The number of carbonyl (C=O) groups excluding carboxylic acids is 1. The topological polar surface area (TPSA) is 121 Å². The number of amides is 1. The van der Waals surface area contributed by atoms with Gasteiger partial charge in [0.1, 0.15) is 5.82 Å². The van der Waals surface area contributed by atoms with E-state index < -0.39 is 0 Å². The molecule has 0 aromatic carbocycles. The zero-order chi connectivity index (χ0) is 13.7. The van der Waals surface area contributed by atoms with Crippen LogP contribution in [0.15, 0.2) is 12.1 Å². The van der Waals surface area contributed by atoms with Gasteiger partial charge in [-0.1, -0.05) is 5.21 Å². The van der Waals surface area contributed by atoms with Crippen LogP contribution < -0.4 is 10.6 Å². The molecular weight excluding hydrogens is 248 g/mol. The first-order chi connectivity index (χ1) is 9.15. The van der Waals surface area contributed by atoms with E-state index in [0.717, 1.165) is 0 Å². The lowest BCUT2D eigenvalue weighted by Crippen LogP contribution is -2.30. The van der Waals surface area contributed by atoms with E-state index in [4.69, 9.17) is 0 Å². The minimum Gasteiger partial charge on any atom is -0.361 e. The standard InChI is InChI=1S/C10H14N8O/c1-6(2)12-10(19)7-3-4-8(14-13-7)11-5-9-15-17-18-16-9/h3-4,6H,5H2,1-2H3,(H,11,14)(H,12,19)(H,15,16,17,18). The Morgan fingerprint density at radius 2 is 2.16 bits per heavy atom. The Labute approximate surface area is 109 Å². The van der Waals surface area contributed by atoms with Crippen LogP contribution in [0.25, 0.3) is 0 Å². The molecule has 2 rings (SSSR count). The fourth-order valence-electron chi connectivity index (χ4n) is 1.31. The third-order valence-corrected chi connectivity index (χ3v) is 2.13. The average molecular weight is 262 g/mol. The van der Waals surface area contributed by atoms with Gasteiger partial charge in [0.2, 0.25) is 0 Å². The summed E-state index contributed by atoms with van der Waals surface area (Å²) in [5.74, 6) is 0.807. The van der Waals surface area contributed by atoms with Crippen LogP contribution in [-0.2, 0) is 6.54 Å². The molecule has 2 aromatic rings. The third-order valence-electron chi connectivity index (χ3n) is 2.13. The molecule has 3 N–H and O–H groups in total. The molecule has 0 aliphatic carbocycles. The molecule has 9 heteroatoms. The van der Waals surface area contributed by atoms with E-state index >= 15 is 0 Å². The van der Waals surface area contributed by atoms with E-state index in [1.165, 1.54) is 0 Å². The third kappa shape index (κ3) is 3.69. The van der Waals surface area contributed by atoms with Crippen molar-refractivity contribution in [3.8, 4) is 0 Å². The number of H-pyrrole nitrogens is 1. The molecule has 2 heterocycles. The van der Waals surface area contributed by atoms with Crippen molar-refractivity contribution in [2.75, 3.05) is 5.32 Å². The fourth-order valence-corrected chi connectivity index (χ4v) is 1.31. The molecule has 0 bridgehead atoms. The minimum atomic E-state index is -0.243. The molecule has 0 saturated heterocycles. The summed E-state index contributed by atoms with van der Waals surface area (Å²) in [6.45, 7) is 4.14. The fraction of sp³-hybridized carbons (Fsp3) is 0.400. The van der Waals surface area contributed by atoms with E-state index in [1.807, 2.05) is 13.8 Å². The first kappa shape index (κ1) is 12.9. The van der Waals surface area contributed by atoms with E-state index in [1.54, 1.807) is 12.1 Å². The lowest BCUT2D eigenvalue weighted by molar-refractivity contribution is 0.0937. The van der Waals surface area contributed by atoms with Gasteiger partial charge in [-0.15, -0.1) is 20.4 Å². The quantitative estimate of drug-likeness (QED) is 0.678. The molecular formula is C10H14N8O. The van der Waals surface area contributed by atoms with Gasteiger partial charge < -0.3 is 10.6 Å². The highest BCUT2D eigenvalue weighted by Gasteiger charge is 2.09. The molecule has 100 valence electrons. The second-order valence-electron chi connectivity index (χ2n) is 4.11. The molecule has 0 saturated carbocycles. The number of tetrazole rings is 1. The Kier molecular flexibility index (Phi) is 3.96. The monoisotopic (exact) mass is 262 g/mol.